The lowest BCUT2D eigenvalue weighted by molar-refractivity contribution is -0.142. The monoisotopic (exact) mass is 374 g/mol. The van der Waals surface area contributed by atoms with Crippen LogP contribution >= 0.6 is 0 Å². The van der Waals surface area contributed by atoms with Crippen LogP contribution in [0, 0.1) is 5.82 Å². The summed E-state index contributed by atoms with van der Waals surface area (Å²) in [7, 11) is 3.07. The quantitative estimate of drug-likeness (QED) is 0.770. The second-order valence-electron chi connectivity index (χ2n) is 5.90. The van der Waals surface area contributed by atoms with Gasteiger partial charge in [-0.25, -0.2) is 4.39 Å². The molecule has 0 saturated carbocycles. The van der Waals surface area contributed by atoms with Crippen LogP contribution in [0.15, 0.2) is 48.5 Å². The maximum atomic E-state index is 13.1. The number of hydrogen-bond donors (Lipinski definition) is 1. The van der Waals surface area contributed by atoms with Crippen LogP contribution in [0.4, 0.5) is 4.39 Å². The van der Waals surface area contributed by atoms with Gasteiger partial charge in [0.2, 0.25) is 5.91 Å². The molecular weight excluding hydrogens is 351 g/mol. The van der Waals surface area contributed by atoms with Gasteiger partial charge < -0.3 is 19.7 Å². The zero-order valence-electron chi connectivity index (χ0n) is 15.6. The van der Waals surface area contributed by atoms with Crippen molar-refractivity contribution in [3.05, 3.63) is 59.9 Å². The van der Waals surface area contributed by atoms with Crippen LogP contribution in [-0.4, -0.2) is 43.5 Å². The van der Waals surface area contributed by atoms with Crippen LogP contribution in [0.5, 0.6) is 11.5 Å². The van der Waals surface area contributed by atoms with Gasteiger partial charge in [-0.3, -0.25) is 9.59 Å². The molecule has 7 heteroatoms. The smallest absolute Gasteiger partial charge is 0.261 e. The average Bonchev–Trinajstić information content (AvgIpc) is 2.70. The first-order valence-electron chi connectivity index (χ1n) is 8.47. The van der Waals surface area contributed by atoms with E-state index in [0.29, 0.717) is 17.1 Å². The molecule has 2 aromatic rings. The van der Waals surface area contributed by atoms with E-state index in [-0.39, 0.29) is 30.8 Å². The van der Waals surface area contributed by atoms with E-state index in [2.05, 4.69) is 5.32 Å². The summed E-state index contributed by atoms with van der Waals surface area (Å²) in [6.45, 7) is 1.57. The van der Waals surface area contributed by atoms with E-state index in [4.69, 9.17) is 9.47 Å². The highest BCUT2D eigenvalue weighted by Gasteiger charge is 2.25. The number of nitrogens with zero attached hydrogens (tertiary/aromatic N) is 1. The van der Waals surface area contributed by atoms with E-state index in [0.717, 1.165) is 0 Å². The molecule has 0 aliphatic carbocycles. The molecule has 0 unspecified atom stereocenters. The standard InChI is InChI=1S/C20H23FN2O4/c1-14(20(25)22-2)23(12-15-4-6-16(21)7-5-15)19(24)13-27-18-10-8-17(26-3)9-11-18/h4-11,14H,12-13H2,1-3H3,(H,22,25)/t14-/m1/s1. The van der Waals surface area contributed by atoms with Gasteiger partial charge in [-0.1, -0.05) is 12.1 Å². The lowest BCUT2D eigenvalue weighted by Crippen LogP contribution is -2.48. The number of likely N-dealkylation sites (N-methyl/N-ethyl adjacent to an activating group) is 1. The minimum Gasteiger partial charge on any atom is -0.497 e. The maximum Gasteiger partial charge on any atom is 0.261 e. The molecule has 2 aromatic carbocycles. The molecule has 0 bridgehead atoms. The Morgan fingerprint density at radius 3 is 2.22 bits per heavy atom. The second kappa shape index (κ2) is 9.56. The molecular formula is C20H23FN2O4. The lowest BCUT2D eigenvalue weighted by atomic mass is 10.1. The van der Waals surface area contributed by atoms with E-state index in [9.17, 15) is 14.0 Å². The van der Waals surface area contributed by atoms with Gasteiger partial charge in [-0.15, -0.1) is 0 Å². The number of hydrogen-bond acceptors (Lipinski definition) is 4. The van der Waals surface area contributed by atoms with Gasteiger partial charge in [0.05, 0.1) is 7.11 Å². The first-order valence-corrected chi connectivity index (χ1v) is 8.47. The number of halogens is 1. The largest absolute Gasteiger partial charge is 0.497 e. The summed E-state index contributed by atoms with van der Waals surface area (Å²) < 4.78 is 23.7. The number of benzene rings is 2. The number of nitrogens with one attached hydrogen (secondary N) is 1. The number of ether oxygens (including phenoxy) is 2. The fourth-order valence-corrected chi connectivity index (χ4v) is 2.48. The van der Waals surface area contributed by atoms with Crippen molar-refractivity contribution in [1.82, 2.24) is 10.2 Å². The van der Waals surface area contributed by atoms with Gasteiger partial charge in [-0.05, 0) is 48.9 Å². The minimum atomic E-state index is -0.702. The van der Waals surface area contributed by atoms with Crippen molar-refractivity contribution in [1.29, 1.82) is 0 Å². The molecule has 0 aromatic heterocycles. The third-order valence-electron chi connectivity index (χ3n) is 4.10. The topological polar surface area (TPSA) is 67.9 Å². The van der Waals surface area contributed by atoms with Crippen molar-refractivity contribution in [2.45, 2.75) is 19.5 Å². The Labute approximate surface area is 157 Å². The maximum absolute atomic E-state index is 13.1. The summed E-state index contributed by atoms with van der Waals surface area (Å²) in [5, 5.41) is 2.53. The summed E-state index contributed by atoms with van der Waals surface area (Å²) in [6.07, 6.45) is 0. The van der Waals surface area contributed by atoms with Crippen LogP contribution in [0.3, 0.4) is 0 Å². The molecule has 0 saturated heterocycles. The zero-order chi connectivity index (χ0) is 19.8. The number of methoxy groups -OCH3 is 1. The highest BCUT2D eigenvalue weighted by atomic mass is 19.1. The van der Waals surface area contributed by atoms with Crippen molar-refractivity contribution >= 4 is 11.8 Å². The van der Waals surface area contributed by atoms with Crippen molar-refractivity contribution in [2.75, 3.05) is 20.8 Å². The number of rotatable bonds is 8. The number of carbonyl (C=O) groups is 2. The summed E-state index contributed by atoms with van der Waals surface area (Å²) in [5.74, 6) is 0.179. The van der Waals surface area contributed by atoms with Gasteiger partial charge in [-0.2, -0.15) is 0 Å². The predicted molar refractivity (Wildman–Crippen MR) is 99.0 cm³/mol. The van der Waals surface area contributed by atoms with Gasteiger partial charge >= 0.3 is 0 Å². The first kappa shape index (κ1) is 20.2. The third kappa shape index (κ3) is 5.70. The molecule has 6 nitrogen and oxygen atoms in total. The molecule has 0 spiro atoms. The normalized spacial score (nSPS) is 11.4. The van der Waals surface area contributed by atoms with Gasteiger partial charge in [0.1, 0.15) is 23.4 Å². The number of amides is 2. The first-order chi connectivity index (χ1) is 12.9. The Balaban J connectivity index is 2.09. The Morgan fingerprint density at radius 1 is 1.07 bits per heavy atom. The van der Waals surface area contributed by atoms with Gasteiger partial charge in [0.25, 0.3) is 5.91 Å². The van der Waals surface area contributed by atoms with Crippen LogP contribution in [0.25, 0.3) is 0 Å². The molecule has 144 valence electrons. The van der Waals surface area contributed by atoms with Gasteiger partial charge in [0, 0.05) is 13.6 Å². The molecule has 0 aliphatic rings. The SMILES string of the molecule is CNC(=O)[C@@H](C)N(Cc1ccc(F)cc1)C(=O)COc1ccc(OC)cc1. The number of carbonyl (C=O) groups excluding carboxylic acids is 2. The molecule has 1 N–H and O–H groups in total. The Kier molecular flexibility index (Phi) is 7.16. The van der Waals surface area contributed by atoms with Gasteiger partial charge in [0.15, 0.2) is 6.61 Å². The predicted octanol–water partition coefficient (Wildman–Crippen LogP) is 2.38. The average molecular weight is 374 g/mol. The van der Waals surface area contributed by atoms with Crippen LogP contribution < -0.4 is 14.8 Å². The third-order valence-corrected chi connectivity index (χ3v) is 4.10. The van der Waals surface area contributed by atoms with E-state index in [1.54, 1.807) is 50.4 Å². The Bertz CT molecular complexity index is 763. The molecule has 2 rings (SSSR count). The van der Waals surface area contributed by atoms with E-state index >= 15 is 0 Å². The fraction of sp³-hybridized carbons (Fsp3) is 0.300. The zero-order valence-corrected chi connectivity index (χ0v) is 15.6. The molecule has 0 aliphatic heterocycles. The summed E-state index contributed by atoms with van der Waals surface area (Å²) >= 11 is 0. The molecule has 0 radical (unpaired) electrons. The second-order valence-corrected chi connectivity index (χ2v) is 5.90. The molecule has 2 amide bonds. The molecule has 27 heavy (non-hydrogen) atoms. The van der Waals surface area contributed by atoms with E-state index < -0.39 is 6.04 Å². The molecule has 1 atom stereocenters. The van der Waals surface area contributed by atoms with Crippen LogP contribution in [0.2, 0.25) is 0 Å². The Hall–Kier alpha value is -3.09. The van der Waals surface area contributed by atoms with E-state index in [1.807, 2.05) is 0 Å². The Morgan fingerprint density at radius 2 is 1.67 bits per heavy atom. The van der Waals surface area contributed by atoms with E-state index in [1.165, 1.54) is 24.1 Å². The van der Waals surface area contributed by atoms with Crippen molar-refractivity contribution in [3.63, 3.8) is 0 Å². The molecule has 0 heterocycles. The van der Waals surface area contributed by atoms with Crippen LogP contribution in [-0.2, 0) is 16.1 Å². The lowest BCUT2D eigenvalue weighted by Gasteiger charge is -2.28. The van der Waals surface area contributed by atoms with Crippen LogP contribution in [0.1, 0.15) is 12.5 Å². The van der Waals surface area contributed by atoms with Crippen molar-refractivity contribution in [3.8, 4) is 11.5 Å². The summed E-state index contributed by atoms with van der Waals surface area (Å²) in [4.78, 5) is 26.1. The summed E-state index contributed by atoms with van der Waals surface area (Å²) in [5.41, 5.74) is 0.713. The minimum absolute atomic E-state index is 0.166. The summed E-state index contributed by atoms with van der Waals surface area (Å²) in [6, 6.07) is 11.9. The highest BCUT2D eigenvalue weighted by Crippen LogP contribution is 2.17. The fourth-order valence-electron chi connectivity index (χ4n) is 2.48. The highest BCUT2D eigenvalue weighted by molar-refractivity contribution is 5.87. The van der Waals surface area contributed by atoms with Crippen molar-refractivity contribution in [2.24, 2.45) is 0 Å². The van der Waals surface area contributed by atoms with Crippen molar-refractivity contribution < 1.29 is 23.5 Å². The molecule has 0 fully saturated rings.